The van der Waals surface area contributed by atoms with E-state index in [9.17, 15) is 9.90 Å². The minimum atomic E-state index is -0.103. The first-order chi connectivity index (χ1) is 15.2. The fraction of sp³-hybridized carbons (Fsp3) is 0.280. The lowest BCUT2D eigenvalue weighted by Crippen LogP contribution is -2.43. The zero-order chi connectivity index (χ0) is 21.4. The standard InChI is InChI=1S/C25H25N3O3/c1-31-18-6-4-5-16(13-18)17-8-9-21-20(14-17)24-19(23(15-29)27-21)10-12-28(24)25(30)22-7-2-3-11-26-22/h2-9,11,13-14,19,23-24,27,29H,10,12,15H2,1H3/t19-,23-,24-/m1/s1. The van der Waals surface area contributed by atoms with Crippen LogP contribution in [-0.2, 0) is 0 Å². The number of likely N-dealkylation sites (tertiary alicyclic amines) is 1. The highest BCUT2D eigenvalue weighted by atomic mass is 16.5. The molecule has 0 aliphatic carbocycles. The van der Waals surface area contributed by atoms with Crippen LogP contribution in [0.15, 0.2) is 66.9 Å². The van der Waals surface area contributed by atoms with E-state index < -0.39 is 0 Å². The van der Waals surface area contributed by atoms with Crippen molar-refractivity contribution < 1.29 is 14.6 Å². The number of benzene rings is 2. The van der Waals surface area contributed by atoms with Crippen molar-refractivity contribution in [3.8, 4) is 16.9 Å². The molecule has 6 nitrogen and oxygen atoms in total. The minimum absolute atomic E-state index is 0.0316. The Labute approximate surface area is 181 Å². The maximum Gasteiger partial charge on any atom is 0.272 e. The van der Waals surface area contributed by atoms with Gasteiger partial charge in [0, 0.05) is 24.3 Å². The smallest absolute Gasteiger partial charge is 0.272 e. The Hall–Kier alpha value is -3.38. The molecule has 1 saturated heterocycles. The third kappa shape index (κ3) is 3.43. The maximum atomic E-state index is 13.3. The second-order valence-electron chi connectivity index (χ2n) is 8.08. The van der Waals surface area contributed by atoms with Crippen molar-refractivity contribution in [2.24, 2.45) is 5.92 Å². The van der Waals surface area contributed by atoms with E-state index in [2.05, 4.69) is 28.5 Å². The number of amides is 1. The third-order valence-electron chi connectivity index (χ3n) is 6.42. The second kappa shape index (κ2) is 8.04. The second-order valence-corrected chi connectivity index (χ2v) is 8.08. The van der Waals surface area contributed by atoms with E-state index in [4.69, 9.17) is 4.74 Å². The van der Waals surface area contributed by atoms with Crippen molar-refractivity contribution in [3.63, 3.8) is 0 Å². The summed E-state index contributed by atoms with van der Waals surface area (Å²) < 4.78 is 5.38. The fourth-order valence-electron chi connectivity index (χ4n) is 4.91. The molecule has 2 aliphatic heterocycles. The lowest BCUT2D eigenvalue weighted by atomic mass is 9.82. The van der Waals surface area contributed by atoms with Crippen LogP contribution in [0.2, 0.25) is 0 Å². The van der Waals surface area contributed by atoms with E-state index in [1.54, 1.807) is 19.4 Å². The molecule has 31 heavy (non-hydrogen) atoms. The van der Waals surface area contributed by atoms with Crippen molar-refractivity contribution in [3.05, 3.63) is 78.1 Å². The molecule has 3 atom stereocenters. The summed E-state index contributed by atoms with van der Waals surface area (Å²) >= 11 is 0. The Morgan fingerprint density at radius 3 is 2.81 bits per heavy atom. The molecule has 0 unspecified atom stereocenters. The predicted octanol–water partition coefficient (Wildman–Crippen LogP) is 3.75. The number of aliphatic hydroxyl groups is 1. The average Bonchev–Trinajstić information content (AvgIpc) is 3.29. The van der Waals surface area contributed by atoms with Crippen LogP contribution < -0.4 is 10.1 Å². The summed E-state index contributed by atoms with van der Waals surface area (Å²) in [5.41, 5.74) is 4.62. The van der Waals surface area contributed by atoms with Gasteiger partial charge in [0.2, 0.25) is 0 Å². The molecule has 2 aliphatic rings. The van der Waals surface area contributed by atoms with Crippen molar-refractivity contribution in [2.75, 3.05) is 25.6 Å². The highest BCUT2D eigenvalue weighted by molar-refractivity contribution is 5.93. The Kier molecular flexibility index (Phi) is 5.08. The van der Waals surface area contributed by atoms with Crippen molar-refractivity contribution in [2.45, 2.75) is 18.5 Å². The van der Waals surface area contributed by atoms with Crippen LogP contribution in [0, 0.1) is 5.92 Å². The van der Waals surface area contributed by atoms with Crippen LogP contribution in [0.1, 0.15) is 28.5 Å². The van der Waals surface area contributed by atoms with Gasteiger partial charge in [-0.2, -0.15) is 0 Å². The summed E-state index contributed by atoms with van der Waals surface area (Å²) in [6.45, 7) is 0.676. The van der Waals surface area contributed by atoms with Crippen LogP contribution in [0.4, 0.5) is 5.69 Å². The highest BCUT2D eigenvalue weighted by Crippen LogP contribution is 2.47. The Morgan fingerprint density at radius 2 is 2.03 bits per heavy atom. The number of hydrogen-bond donors (Lipinski definition) is 2. The van der Waals surface area contributed by atoms with Gasteiger partial charge in [-0.1, -0.05) is 24.3 Å². The Bertz CT molecular complexity index is 1100. The summed E-state index contributed by atoms with van der Waals surface area (Å²) in [5.74, 6) is 0.884. The van der Waals surface area contributed by atoms with E-state index in [0.29, 0.717) is 12.2 Å². The van der Waals surface area contributed by atoms with E-state index in [-0.39, 0.29) is 30.5 Å². The number of hydrogen-bond acceptors (Lipinski definition) is 5. The van der Waals surface area contributed by atoms with Gasteiger partial charge in [0.1, 0.15) is 11.4 Å². The molecule has 3 aromatic rings. The van der Waals surface area contributed by atoms with Gasteiger partial charge in [0.15, 0.2) is 0 Å². The number of aliphatic hydroxyl groups excluding tert-OH is 1. The summed E-state index contributed by atoms with van der Waals surface area (Å²) in [5, 5.41) is 13.5. The number of rotatable bonds is 4. The fourth-order valence-corrected chi connectivity index (χ4v) is 4.91. The molecule has 0 bridgehead atoms. The molecule has 0 spiro atoms. The average molecular weight is 415 g/mol. The van der Waals surface area contributed by atoms with Gasteiger partial charge in [-0.05, 0) is 59.5 Å². The normalized spacial score (nSPS) is 21.7. The third-order valence-corrected chi connectivity index (χ3v) is 6.42. The van der Waals surface area contributed by atoms with E-state index in [1.807, 2.05) is 41.3 Å². The van der Waals surface area contributed by atoms with E-state index in [1.165, 1.54) is 0 Å². The summed E-state index contributed by atoms with van der Waals surface area (Å²) in [7, 11) is 1.66. The van der Waals surface area contributed by atoms with Crippen molar-refractivity contribution >= 4 is 11.6 Å². The molecule has 1 aromatic heterocycles. The van der Waals surface area contributed by atoms with Gasteiger partial charge in [0.05, 0.1) is 25.8 Å². The first-order valence-electron chi connectivity index (χ1n) is 10.6. The molecular weight excluding hydrogens is 390 g/mol. The molecule has 0 radical (unpaired) electrons. The first kappa shape index (κ1) is 19.6. The van der Waals surface area contributed by atoms with Crippen LogP contribution in [0.25, 0.3) is 11.1 Å². The van der Waals surface area contributed by atoms with Gasteiger partial charge in [-0.25, -0.2) is 0 Å². The SMILES string of the molecule is COc1cccc(-c2ccc3c(c2)[C@H]2[C@H](CCN2C(=O)c2ccccn2)[C@@H](CO)N3)c1. The lowest BCUT2D eigenvalue weighted by Gasteiger charge is -2.39. The number of nitrogens with zero attached hydrogens (tertiary/aromatic N) is 2. The monoisotopic (exact) mass is 415 g/mol. The number of ether oxygens (including phenoxy) is 1. The van der Waals surface area contributed by atoms with E-state index >= 15 is 0 Å². The number of carbonyl (C=O) groups excluding carboxylic acids is 1. The maximum absolute atomic E-state index is 13.3. The molecule has 3 heterocycles. The molecule has 1 fully saturated rings. The van der Waals surface area contributed by atoms with E-state index in [0.717, 1.165) is 34.5 Å². The minimum Gasteiger partial charge on any atom is -0.497 e. The highest BCUT2D eigenvalue weighted by Gasteiger charge is 2.46. The first-order valence-corrected chi connectivity index (χ1v) is 10.6. The van der Waals surface area contributed by atoms with Crippen LogP contribution >= 0.6 is 0 Å². The van der Waals surface area contributed by atoms with Gasteiger partial charge in [-0.15, -0.1) is 0 Å². The zero-order valence-electron chi connectivity index (χ0n) is 17.4. The lowest BCUT2D eigenvalue weighted by molar-refractivity contribution is 0.0695. The summed E-state index contributed by atoms with van der Waals surface area (Å²) in [6.07, 6.45) is 2.48. The van der Waals surface area contributed by atoms with Gasteiger partial charge in [-0.3, -0.25) is 9.78 Å². The molecule has 158 valence electrons. The number of fused-ring (bicyclic) bond motifs is 3. The Morgan fingerprint density at radius 1 is 1.16 bits per heavy atom. The summed E-state index contributed by atoms with van der Waals surface area (Å²) in [6, 6.07) is 19.5. The topological polar surface area (TPSA) is 74.7 Å². The molecule has 2 aromatic carbocycles. The van der Waals surface area contributed by atoms with Crippen LogP contribution in [0.5, 0.6) is 5.75 Å². The number of pyridine rings is 1. The van der Waals surface area contributed by atoms with Crippen LogP contribution in [-0.4, -0.2) is 47.2 Å². The largest absolute Gasteiger partial charge is 0.497 e. The number of methoxy groups -OCH3 is 1. The molecule has 2 N–H and O–H groups in total. The molecule has 5 rings (SSSR count). The number of anilines is 1. The van der Waals surface area contributed by atoms with Crippen molar-refractivity contribution in [1.82, 2.24) is 9.88 Å². The predicted molar refractivity (Wildman–Crippen MR) is 119 cm³/mol. The number of aromatic nitrogens is 1. The molecule has 6 heteroatoms. The van der Waals surface area contributed by atoms with Gasteiger partial charge in [0.25, 0.3) is 5.91 Å². The molecule has 0 saturated carbocycles. The Balaban J connectivity index is 1.57. The summed E-state index contributed by atoms with van der Waals surface area (Å²) in [4.78, 5) is 19.5. The zero-order valence-corrected chi connectivity index (χ0v) is 17.4. The van der Waals surface area contributed by atoms with Crippen LogP contribution in [0.3, 0.4) is 0 Å². The molecular formula is C25H25N3O3. The number of nitrogens with one attached hydrogen (secondary N) is 1. The number of carbonyl (C=O) groups is 1. The van der Waals surface area contributed by atoms with Gasteiger partial charge >= 0.3 is 0 Å². The quantitative estimate of drug-likeness (QED) is 0.679. The molecule has 1 amide bonds. The van der Waals surface area contributed by atoms with Crippen molar-refractivity contribution in [1.29, 1.82) is 0 Å². The van der Waals surface area contributed by atoms with Gasteiger partial charge < -0.3 is 20.1 Å².